The highest BCUT2D eigenvalue weighted by Gasteiger charge is 2.48. The molecule has 1 saturated heterocycles. The molecule has 1 aliphatic carbocycles. The molecule has 31 heavy (non-hydrogen) atoms. The van der Waals surface area contributed by atoms with Gasteiger partial charge in [0, 0.05) is 17.3 Å². The maximum Gasteiger partial charge on any atom is 0.334 e. The summed E-state index contributed by atoms with van der Waals surface area (Å²) >= 11 is 0. The average Bonchev–Trinajstić information content (AvgIpc) is 2.98. The summed E-state index contributed by atoms with van der Waals surface area (Å²) in [7, 11) is 0. The van der Waals surface area contributed by atoms with Gasteiger partial charge in [0.15, 0.2) is 0 Å². The highest BCUT2D eigenvalue weighted by molar-refractivity contribution is 6.44. The van der Waals surface area contributed by atoms with E-state index in [0.717, 1.165) is 35.5 Å². The number of carbonyl (C=O) groups is 4. The molecule has 0 bridgehead atoms. The van der Waals surface area contributed by atoms with E-state index in [-0.39, 0.29) is 24.4 Å². The highest BCUT2D eigenvalue weighted by atomic mass is 16.2. The molecule has 7 nitrogen and oxygen atoms in total. The third-order valence-electron chi connectivity index (χ3n) is 6.07. The Morgan fingerprint density at radius 3 is 2.29 bits per heavy atom. The normalized spacial score (nSPS) is 21.5. The van der Waals surface area contributed by atoms with Gasteiger partial charge in [-0.1, -0.05) is 50.1 Å². The minimum absolute atomic E-state index is 0.00158. The zero-order valence-corrected chi connectivity index (χ0v) is 17.4. The summed E-state index contributed by atoms with van der Waals surface area (Å²) in [6, 6.07) is 15.0. The van der Waals surface area contributed by atoms with Gasteiger partial charge >= 0.3 is 17.8 Å². The predicted molar refractivity (Wildman–Crippen MR) is 115 cm³/mol. The van der Waals surface area contributed by atoms with Crippen LogP contribution in [-0.4, -0.2) is 39.6 Å². The molecular weight excluding hydrogens is 394 g/mol. The van der Waals surface area contributed by atoms with Crippen LogP contribution in [0.2, 0.25) is 0 Å². The van der Waals surface area contributed by atoms with E-state index >= 15 is 0 Å². The van der Waals surface area contributed by atoms with Gasteiger partial charge < -0.3 is 5.32 Å². The van der Waals surface area contributed by atoms with Gasteiger partial charge in [0.05, 0.1) is 6.54 Å². The summed E-state index contributed by atoms with van der Waals surface area (Å²) in [5, 5.41) is 2.81. The van der Waals surface area contributed by atoms with E-state index in [4.69, 9.17) is 0 Å². The number of para-hydroxylation sites is 1. The molecule has 7 heteroatoms. The van der Waals surface area contributed by atoms with E-state index in [1.165, 1.54) is 0 Å². The first-order valence-corrected chi connectivity index (χ1v) is 10.6. The lowest BCUT2D eigenvalue weighted by atomic mass is 9.85. The second-order valence-corrected chi connectivity index (χ2v) is 8.20. The topological polar surface area (TPSA) is 86.8 Å². The van der Waals surface area contributed by atoms with Crippen molar-refractivity contribution in [2.75, 3.05) is 5.32 Å². The van der Waals surface area contributed by atoms with Crippen LogP contribution < -0.4 is 5.32 Å². The Kier molecular flexibility index (Phi) is 5.84. The van der Waals surface area contributed by atoms with Crippen molar-refractivity contribution in [3.05, 3.63) is 65.7 Å². The second-order valence-electron chi connectivity index (χ2n) is 8.20. The van der Waals surface area contributed by atoms with E-state index < -0.39 is 17.8 Å². The Morgan fingerprint density at radius 1 is 0.935 bits per heavy atom. The van der Waals surface area contributed by atoms with Crippen LogP contribution in [0.1, 0.15) is 48.5 Å². The van der Waals surface area contributed by atoms with Crippen LogP contribution in [0.4, 0.5) is 10.5 Å². The van der Waals surface area contributed by atoms with Crippen LogP contribution in [0.3, 0.4) is 0 Å². The Morgan fingerprint density at radius 2 is 1.61 bits per heavy atom. The fraction of sp³-hybridized carbons (Fsp3) is 0.333. The monoisotopic (exact) mass is 419 g/mol. The van der Waals surface area contributed by atoms with E-state index in [1.807, 2.05) is 25.1 Å². The van der Waals surface area contributed by atoms with Gasteiger partial charge in [0.2, 0.25) is 0 Å². The zero-order valence-electron chi connectivity index (χ0n) is 17.4. The molecule has 2 fully saturated rings. The third kappa shape index (κ3) is 4.21. The van der Waals surface area contributed by atoms with Gasteiger partial charge in [-0.05, 0) is 48.6 Å². The molecule has 2 atom stereocenters. The Labute approximate surface area is 181 Å². The van der Waals surface area contributed by atoms with E-state index in [0.29, 0.717) is 16.8 Å². The Balaban J connectivity index is 1.44. The maximum absolute atomic E-state index is 12.9. The minimum Gasteiger partial charge on any atom is -0.322 e. The molecule has 1 saturated carbocycles. The van der Waals surface area contributed by atoms with Crippen molar-refractivity contribution in [2.24, 2.45) is 5.92 Å². The number of hydrogen-bond donors (Lipinski definition) is 1. The lowest BCUT2D eigenvalue weighted by molar-refractivity contribution is -0.144. The number of urea groups is 1. The van der Waals surface area contributed by atoms with Gasteiger partial charge in [-0.3, -0.25) is 24.2 Å². The number of rotatable bonds is 5. The number of imide groups is 2. The molecule has 160 valence electrons. The van der Waals surface area contributed by atoms with Gasteiger partial charge in [-0.25, -0.2) is 4.79 Å². The van der Waals surface area contributed by atoms with Gasteiger partial charge in [-0.15, -0.1) is 0 Å². The molecular formula is C24H25N3O4. The number of anilines is 1. The molecule has 1 N–H and O–H groups in total. The van der Waals surface area contributed by atoms with Crippen molar-refractivity contribution in [3.8, 4) is 0 Å². The third-order valence-corrected chi connectivity index (χ3v) is 6.07. The summed E-state index contributed by atoms with van der Waals surface area (Å²) in [5.74, 6) is -1.58. The SMILES string of the molecule is C[C@@H]1CCCC[C@@H]1N1C(=O)C(=O)N(Cc2ccc(C(=O)Nc3ccccc3)cc2)C1=O. The van der Waals surface area contributed by atoms with Crippen LogP contribution in [0.15, 0.2) is 54.6 Å². The second kappa shape index (κ2) is 8.71. The molecule has 0 spiro atoms. The van der Waals surface area contributed by atoms with E-state index in [9.17, 15) is 19.2 Å². The van der Waals surface area contributed by atoms with Gasteiger partial charge in [-0.2, -0.15) is 0 Å². The highest BCUT2D eigenvalue weighted by Crippen LogP contribution is 2.31. The van der Waals surface area contributed by atoms with E-state index in [2.05, 4.69) is 5.32 Å². The van der Waals surface area contributed by atoms with Crippen LogP contribution in [0.25, 0.3) is 0 Å². The summed E-state index contributed by atoms with van der Waals surface area (Å²) in [6.07, 6.45) is 3.72. The fourth-order valence-corrected chi connectivity index (χ4v) is 4.30. The molecule has 1 aliphatic heterocycles. The van der Waals surface area contributed by atoms with Crippen LogP contribution in [0.5, 0.6) is 0 Å². The molecule has 5 amide bonds. The van der Waals surface area contributed by atoms with Gasteiger partial charge in [0.25, 0.3) is 5.91 Å². The summed E-state index contributed by atoms with van der Waals surface area (Å²) in [5.41, 5.74) is 1.82. The first-order valence-electron chi connectivity index (χ1n) is 10.6. The molecule has 0 radical (unpaired) electrons. The number of benzene rings is 2. The minimum atomic E-state index is -0.784. The molecule has 0 unspecified atom stereocenters. The first kappa shape index (κ1) is 20.8. The van der Waals surface area contributed by atoms with Crippen LogP contribution in [0, 0.1) is 5.92 Å². The average molecular weight is 419 g/mol. The standard InChI is InChI=1S/C24H25N3O4/c1-16-7-5-6-10-20(16)27-23(30)22(29)26(24(27)31)15-17-11-13-18(14-12-17)21(28)25-19-8-3-2-4-9-19/h2-4,8-9,11-14,16,20H,5-7,10,15H2,1H3,(H,25,28)/t16-,20+/m1/s1. The lowest BCUT2D eigenvalue weighted by Gasteiger charge is -2.34. The first-order chi connectivity index (χ1) is 15.0. The number of nitrogens with zero attached hydrogens (tertiary/aromatic N) is 2. The van der Waals surface area contributed by atoms with Crippen LogP contribution in [-0.2, 0) is 16.1 Å². The van der Waals surface area contributed by atoms with Crippen LogP contribution >= 0.6 is 0 Å². The summed E-state index contributed by atoms with van der Waals surface area (Å²) in [6.45, 7) is 2.03. The number of carbonyl (C=O) groups excluding carboxylic acids is 4. The number of hydrogen-bond acceptors (Lipinski definition) is 4. The molecule has 2 aromatic rings. The maximum atomic E-state index is 12.9. The molecule has 4 rings (SSSR count). The summed E-state index contributed by atoms with van der Waals surface area (Å²) in [4.78, 5) is 52.5. The van der Waals surface area contributed by atoms with Crippen molar-refractivity contribution in [2.45, 2.75) is 45.2 Å². The molecule has 0 aromatic heterocycles. The van der Waals surface area contributed by atoms with Crippen molar-refractivity contribution in [1.29, 1.82) is 0 Å². The fourth-order valence-electron chi connectivity index (χ4n) is 4.30. The van der Waals surface area contributed by atoms with Crippen molar-refractivity contribution < 1.29 is 19.2 Å². The van der Waals surface area contributed by atoms with E-state index in [1.54, 1.807) is 36.4 Å². The predicted octanol–water partition coefficient (Wildman–Crippen LogP) is 3.81. The van der Waals surface area contributed by atoms with Gasteiger partial charge in [0.1, 0.15) is 0 Å². The molecule has 2 aromatic carbocycles. The molecule has 1 heterocycles. The quantitative estimate of drug-likeness (QED) is 0.590. The zero-order chi connectivity index (χ0) is 22.0. The Hall–Kier alpha value is -3.48. The number of nitrogens with one attached hydrogen (secondary N) is 1. The largest absolute Gasteiger partial charge is 0.334 e. The summed E-state index contributed by atoms with van der Waals surface area (Å²) < 4.78 is 0. The number of amides is 5. The molecule has 2 aliphatic rings. The smallest absolute Gasteiger partial charge is 0.322 e. The van der Waals surface area contributed by atoms with Crippen molar-refractivity contribution in [3.63, 3.8) is 0 Å². The lowest BCUT2D eigenvalue weighted by Crippen LogP contribution is -2.46. The Bertz CT molecular complexity index is 1000. The van der Waals surface area contributed by atoms with Crippen molar-refractivity contribution in [1.82, 2.24) is 9.80 Å². The van der Waals surface area contributed by atoms with Crippen molar-refractivity contribution >= 4 is 29.4 Å².